The molecule has 1 N–H and O–H groups in total. The Morgan fingerprint density at radius 2 is 1.86 bits per heavy atom. The fraction of sp³-hybridized carbons (Fsp3) is 0.412. The van der Waals surface area contributed by atoms with Crippen LogP contribution >= 0.6 is 0 Å². The molecule has 2 heterocycles. The zero-order valence-electron chi connectivity index (χ0n) is 12.6. The van der Waals surface area contributed by atoms with E-state index in [1.165, 1.54) is 5.56 Å². The molecule has 4 rings (SSSR count). The summed E-state index contributed by atoms with van der Waals surface area (Å²) in [5.74, 6) is -0.647. The van der Waals surface area contributed by atoms with Gasteiger partial charge in [-0.1, -0.05) is 12.1 Å². The average molecular weight is 298 g/mol. The van der Waals surface area contributed by atoms with Gasteiger partial charge in [-0.25, -0.2) is 0 Å². The lowest BCUT2D eigenvalue weighted by Gasteiger charge is -2.19. The number of likely N-dealkylation sites (tertiary alicyclic amines) is 1. The van der Waals surface area contributed by atoms with E-state index in [0.29, 0.717) is 18.8 Å². The minimum absolute atomic E-state index is 0.00712. The molecule has 1 aromatic carbocycles. The average Bonchev–Trinajstić information content (AvgIpc) is 2.83. The van der Waals surface area contributed by atoms with Crippen molar-refractivity contribution in [1.29, 1.82) is 0 Å². The number of carboxylic acids is 1. The number of hydrogen-bond donors (Lipinski definition) is 1. The highest BCUT2D eigenvalue weighted by Crippen LogP contribution is 2.52. The number of nitrogens with zero attached hydrogens (tertiary/aromatic N) is 2. The minimum atomic E-state index is -0.720. The summed E-state index contributed by atoms with van der Waals surface area (Å²) in [5.41, 5.74) is 2.89. The van der Waals surface area contributed by atoms with E-state index in [9.17, 15) is 9.59 Å². The molecule has 114 valence electrons. The van der Waals surface area contributed by atoms with Crippen LogP contribution in [0.25, 0.3) is 10.9 Å². The van der Waals surface area contributed by atoms with E-state index in [0.717, 1.165) is 10.9 Å². The van der Waals surface area contributed by atoms with E-state index in [2.05, 4.69) is 6.07 Å². The second-order valence-corrected chi connectivity index (χ2v) is 6.55. The van der Waals surface area contributed by atoms with Crippen molar-refractivity contribution in [2.45, 2.75) is 6.92 Å². The zero-order valence-corrected chi connectivity index (χ0v) is 12.6. The van der Waals surface area contributed by atoms with Gasteiger partial charge in [-0.3, -0.25) is 9.59 Å². The fourth-order valence-corrected chi connectivity index (χ4v) is 3.87. The van der Waals surface area contributed by atoms with Crippen molar-refractivity contribution in [3.8, 4) is 0 Å². The lowest BCUT2D eigenvalue weighted by molar-refractivity contribution is -0.139. The molecule has 1 saturated carbocycles. The van der Waals surface area contributed by atoms with Gasteiger partial charge in [0.25, 0.3) is 5.91 Å². The number of carboxylic acid groups (broad SMARTS) is 1. The highest BCUT2D eigenvalue weighted by Gasteiger charge is 2.60. The number of fused-ring (bicyclic) bond motifs is 2. The number of aliphatic carboxylic acids is 1. The van der Waals surface area contributed by atoms with Crippen LogP contribution in [0.3, 0.4) is 0 Å². The molecule has 2 aliphatic rings. The minimum Gasteiger partial charge on any atom is -0.481 e. The number of hydrogen-bond acceptors (Lipinski definition) is 2. The van der Waals surface area contributed by atoms with Gasteiger partial charge < -0.3 is 14.6 Å². The van der Waals surface area contributed by atoms with Crippen molar-refractivity contribution in [3.05, 3.63) is 35.5 Å². The van der Waals surface area contributed by atoms with E-state index < -0.39 is 5.97 Å². The Kier molecular flexibility index (Phi) is 2.64. The maximum atomic E-state index is 12.7. The molecule has 0 radical (unpaired) electrons. The summed E-state index contributed by atoms with van der Waals surface area (Å²) in [6, 6.07) is 8.08. The number of carbonyl (C=O) groups is 2. The second-order valence-electron chi connectivity index (χ2n) is 6.55. The molecule has 1 aromatic heterocycles. The van der Waals surface area contributed by atoms with Gasteiger partial charge in [0.05, 0.1) is 5.92 Å². The third kappa shape index (κ3) is 1.78. The molecule has 5 heteroatoms. The Morgan fingerprint density at radius 3 is 2.50 bits per heavy atom. The van der Waals surface area contributed by atoms with Crippen molar-refractivity contribution in [3.63, 3.8) is 0 Å². The molecule has 2 aromatic rings. The van der Waals surface area contributed by atoms with E-state index in [-0.39, 0.29) is 23.7 Å². The van der Waals surface area contributed by atoms with Gasteiger partial charge in [0, 0.05) is 31.0 Å². The van der Waals surface area contributed by atoms with Crippen molar-refractivity contribution >= 4 is 22.8 Å². The van der Waals surface area contributed by atoms with Crippen LogP contribution < -0.4 is 0 Å². The maximum Gasteiger partial charge on any atom is 0.307 e. The molecular weight excluding hydrogens is 280 g/mol. The SMILES string of the molecule is Cc1ccc2cc(C(=O)N3C[C@@H]4C(C(=O)O)[C@@H]4C3)n(C)c2c1. The van der Waals surface area contributed by atoms with Gasteiger partial charge >= 0.3 is 5.97 Å². The number of piperidine rings is 1. The molecule has 1 aliphatic heterocycles. The lowest BCUT2D eigenvalue weighted by atomic mass is 10.2. The molecule has 1 saturated heterocycles. The summed E-state index contributed by atoms with van der Waals surface area (Å²) >= 11 is 0. The molecule has 1 unspecified atom stereocenters. The van der Waals surface area contributed by atoms with Crippen molar-refractivity contribution < 1.29 is 14.7 Å². The third-order valence-corrected chi connectivity index (χ3v) is 5.19. The first-order valence-corrected chi connectivity index (χ1v) is 7.55. The number of benzene rings is 1. The molecule has 22 heavy (non-hydrogen) atoms. The predicted molar refractivity (Wildman–Crippen MR) is 81.7 cm³/mol. The summed E-state index contributed by atoms with van der Waals surface area (Å²) in [4.78, 5) is 25.5. The molecule has 0 spiro atoms. The topological polar surface area (TPSA) is 62.5 Å². The summed E-state index contributed by atoms with van der Waals surface area (Å²) in [5, 5.41) is 10.1. The molecule has 5 nitrogen and oxygen atoms in total. The van der Waals surface area contributed by atoms with Crippen LogP contribution in [0.15, 0.2) is 24.3 Å². The number of rotatable bonds is 2. The monoisotopic (exact) mass is 298 g/mol. The predicted octanol–water partition coefficient (Wildman–Crippen LogP) is 1.89. The number of carbonyl (C=O) groups excluding carboxylic acids is 1. The van der Waals surface area contributed by atoms with Crippen LogP contribution in [0.5, 0.6) is 0 Å². The second kappa shape index (κ2) is 4.35. The summed E-state index contributed by atoms with van der Waals surface area (Å²) in [6.45, 7) is 3.18. The van der Waals surface area contributed by atoms with E-state index in [1.807, 2.05) is 36.7 Å². The van der Waals surface area contributed by atoms with E-state index in [1.54, 1.807) is 4.90 Å². The number of aromatic nitrogens is 1. The molecule has 1 aliphatic carbocycles. The molecule has 1 amide bonds. The van der Waals surface area contributed by atoms with Gasteiger partial charge in [0.2, 0.25) is 0 Å². The summed E-state index contributed by atoms with van der Waals surface area (Å²) < 4.78 is 1.93. The van der Waals surface area contributed by atoms with Crippen LogP contribution in [0.2, 0.25) is 0 Å². The number of aryl methyl sites for hydroxylation is 2. The van der Waals surface area contributed by atoms with Crippen LogP contribution in [0.1, 0.15) is 16.1 Å². The van der Waals surface area contributed by atoms with Crippen LogP contribution in [0.4, 0.5) is 0 Å². The molecular formula is C17H18N2O3. The Bertz CT molecular complexity index is 796. The van der Waals surface area contributed by atoms with Gasteiger partial charge in [0.15, 0.2) is 0 Å². The van der Waals surface area contributed by atoms with Gasteiger partial charge in [-0.2, -0.15) is 0 Å². The maximum absolute atomic E-state index is 12.7. The standard InChI is InChI=1S/C17H18N2O3/c1-9-3-4-10-6-14(18(2)13(10)5-9)16(20)19-7-11-12(8-19)15(11)17(21)22/h3-6,11-12,15H,7-8H2,1-2H3,(H,21,22)/t11-,12+,15?. The number of amides is 1. The van der Waals surface area contributed by atoms with E-state index in [4.69, 9.17) is 5.11 Å². The quantitative estimate of drug-likeness (QED) is 0.921. The highest BCUT2D eigenvalue weighted by molar-refractivity contribution is 5.99. The molecule has 2 fully saturated rings. The zero-order chi connectivity index (χ0) is 15.6. The Morgan fingerprint density at radius 1 is 1.18 bits per heavy atom. The first kappa shape index (κ1) is 13.4. The molecule has 0 bridgehead atoms. The fourth-order valence-electron chi connectivity index (χ4n) is 3.87. The lowest BCUT2D eigenvalue weighted by Crippen LogP contribution is -2.33. The smallest absolute Gasteiger partial charge is 0.307 e. The van der Waals surface area contributed by atoms with Crippen molar-refractivity contribution in [2.75, 3.05) is 13.1 Å². The Hall–Kier alpha value is -2.30. The van der Waals surface area contributed by atoms with Crippen LogP contribution in [-0.2, 0) is 11.8 Å². The van der Waals surface area contributed by atoms with Crippen molar-refractivity contribution in [2.24, 2.45) is 24.8 Å². The summed E-state index contributed by atoms with van der Waals surface area (Å²) in [7, 11) is 1.91. The van der Waals surface area contributed by atoms with Crippen LogP contribution in [0, 0.1) is 24.7 Å². The highest BCUT2D eigenvalue weighted by atomic mass is 16.4. The Labute approximate surface area is 128 Å². The van der Waals surface area contributed by atoms with Gasteiger partial charge in [-0.15, -0.1) is 0 Å². The normalized spacial score (nSPS) is 26.3. The van der Waals surface area contributed by atoms with E-state index >= 15 is 0 Å². The van der Waals surface area contributed by atoms with Gasteiger partial charge in [-0.05, 0) is 36.5 Å². The third-order valence-electron chi connectivity index (χ3n) is 5.19. The summed E-state index contributed by atoms with van der Waals surface area (Å²) in [6.07, 6.45) is 0. The van der Waals surface area contributed by atoms with Gasteiger partial charge in [0.1, 0.15) is 5.69 Å². The molecule has 3 atom stereocenters. The van der Waals surface area contributed by atoms with Crippen molar-refractivity contribution in [1.82, 2.24) is 9.47 Å². The van der Waals surface area contributed by atoms with Crippen LogP contribution in [-0.4, -0.2) is 39.5 Å². The largest absolute Gasteiger partial charge is 0.481 e. The first-order chi connectivity index (χ1) is 10.5. The Balaban J connectivity index is 1.60. The first-order valence-electron chi connectivity index (χ1n) is 7.55.